The highest BCUT2D eigenvalue weighted by atomic mass is 32.1. The number of aryl methyl sites for hydroxylation is 1. The highest BCUT2D eigenvalue weighted by Crippen LogP contribution is 2.30. The molecule has 0 aromatic carbocycles. The average Bonchev–Trinajstić information content (AvgIpc) is 2.87. The third kappa shape index (κ3) is 3.58. The van der Waals surface area contributed by atoms with E-state index < -0.39 is 0 Å². The number of hydrogen-bond donors (Lipinski definition) is 2. The molecule has 110 valence electrons. The maximum absolute atomic E-state index is 5.35. The van der Waals surface area contributed by atoms with Crippen LogP contribution in [0.3, 0.4) is 0 Å². The number of nitrogens with one attached hydrogen (secondary N) is 2. The van der Waals surface area contributed by atoms with Crippen LogP contribution >= 0.6 is 11.3 Å². The van der Waals surface area contributed by atoms with Crippen molar-refractivity contribution in [3.05, 3.63) is 10.9 Å². The van der Waals surface area contributed by atoms with Crippen LogP contribution in [0, 0.1) is 0 Å². The molecule has 6 heteroatoms. The summed E-state index contributed by atoms with van der Waals surface area (Å²) < 4.78 is 5.35. The summed E-state index contributed by atoms with van der Waals surface area (Å²) in [6.07, 6.45) is 1.02. The molecule has 0 spiro atoms. The number of aromatic nitrogens is 2. The van der Waals surface area contributed by atoms with Crippen LogP contribution in [0.2, 0.25) is 0 Å². The molecule has 0 aliphatic heterocycles. The first kappa shape index (κ1) is 15.0. The topological polar surface area (TPSA) is 59.1 Å². The standard InChI is InChI=1S/C14H22N4OS/c1-4-10-9-11-12(16-7-8-19-6-3)17-14(15-5-2)18-13(11)20-10/h9H,4-8H2,1-3H3,(H2,15,16,17,18). The fourth-order valence-electron chi connectivity index (χ4n) is 1.90. The zero-order valence-electron chi connectivity index (χ0n) is 12.3. The Bertz CT molecular complexity index is 555. The van der Waals surface area contributed by atoms with Gasteiger partial charge in [0.05, 0.1) is 12.0 Å². The highest BCUT2D eigenvalue weighted by Gasteiger charge is 2.10. The lowest BCUT2D eigenvalue weighted by atomic mass is 10.3. The molecule has 0 fully saturated rings. The minimum Gasteiger partial charge on any atom is -0.380 e. The van der Waals surface area contributed by atoms with Crippen LogP contribution in [-0.2, 0) is 11.2 Å². The predicted octanol–water partition coefficient (Wildman–Crippen LogP) is 3.13. The molecule has 2 aromatic heterocycles. The lowest BCUT2D eigenvalue weighted by Crippen LogP contribution is -2.12. The zero-order chi connectivity index (χ0) is 14.4. The Morgan fingerprint density at radius 2 is 2.05 bits per heavy atom. The number of rotatable bonds is 8. The summed E-state index contributed by atoms with van der Waals surface area (Å²) in [6.45, 7) is 9.19. The van der Waals surface area contributed by atoms with Gasteiger partial charge in [0, 0.05) is 24.6 Å². The van der Waals surface area contributed by atoms with Crippen molar-refractivity contribution in [2.75, 3.05) is 36.9 Å². The minimum atomic E-state index is 0.684. The molecule has 0 bridgehead atoms. The Morgan fingerprint density at radius 3 is 2.75 bits per heavy atom. The number of ether oxygens (including phenoxy) is 1. The summed E-state index contributed by atoms with van der Waals surface area (Å²) in [4.78, 5) is 11.5. The fourth-order valence-corrected chi connectivity index (χ4v) is 2.87. The lowest BCUT2D eigenvalue weighted by Gasteiger charge is -2.09. The summed E-state index contributed by atoms with van der Waals surface area (Å²) in [5.41, 5.74) is 0. The third-order valence-corrected chi connectivity index (χ3v) is 4.04. The van der Waals surface area contributed by atoms with Crippen molar-refractivity contribution in [1.29, 1.82) is 0 Å². The van der Waals surface area contributed by atoms with Crippen LogP contribution in [0.15, 0.2) is 6.07 Å². The second kappa shape index (κ2) is 7.40. The monoisotopic (exact) mass is 294 g/mol. The minimum absolute atomic E-state index is 0.684. The van der Waals surface area contributed by atoms with Gasteiger partial charge in [0.1, 0.15) is 10.6 Å². The Labute approximate surface area is 123 Å². The maximum atomic E-state index is 5.35. The molecule has 2 aromatic rings. The Balaban J connectivity index is 2.25. The molecule has 20 heavy (non-hydrogen) atoms. The van der Waals surface area contributed by atoms with Gasteiger partial charge in [-0.05, 0) is 26.3 Å². The van der Waals surface area contributed by atoms with Crippen molar-refractivity contribution in [3.63, 3.8) is 0 Å². The van der Waals surface area contributed by atoms with E-state index in [1.165, 1.54) is 4.88 Å². The van der Waals surface area contributed by atoms with E-state index in [1.54, 1.807) is 11.3 Å². The first-order chi connectivity index (χ1) is 9.78. The van der Waals surface area contributed by atoms with Crippen molar-refractivity contribution in [2.24, 2.45) is 0 Å². The second-order valence-electron chi connectivity index (χ2n) is 4.33. The summed E-state index contributed by atoms with van der Waals surface area (Å²) in [6, 6.07) is 2.18. The van der Waals surface area contributed by atoms with Gasteiger partial charge in [0.25, 0.3) is 0 Å². The Hall–Kier alpha value is -1.40. The van der Waals surface area contributed by atoms with Crippen molar-refractivity contribution in [1.82, 2.24) is 9.97 Å². The quantitative estimate of drug-likeness (QED) is 0.733. The summed E-state index contributed by atoms with van der Waals surface area (Å²) in [5.74, 6) is 1.57. The number of thiophene rings is 1. The number of fused-ring (bicyclic) bond motifs is 1. The van der Waals surface area contributed by atoms with E-state index >= 15 is 0 Å². The summed E-state index contributed by atoms with van der Waals surface area (Å²) in [5, 5.41) is 7.63. The van der Waals surface area contributed by atoms with Gasteiger partial charge in [-0.15, -0.1) is 11.3 Å². The molecule has 0 unspecified atom stereocenters. The number of anilines is 2. The molecule has 2 rings (SSSR count). The Kier molecular flexibility index (Phi) is 5.55. The van der Waals surface area contributed by atoms with Gasteiger partial charge in [-0.3, -0.25) is 0 Å². The maximum Gasteiger partial charge on any atom is 0.226 e. The molecular formula is C14H22N4OS. The van der Waals surface area contributed by atoms with Crippen LogP contribution in [0.25, 0.3) is 10.2 Å². The number of hydrogen-bond acceptors (Lipinski definition) is 6. The van der Waals surface area contributed by atoms with E-state index in [4.69, 9.17) is 4.74 Å². The van der Waals surface area contributed by atoms with Crippen molar-refractivity contribution in [3.8, 4) is 0 Å². The van der Waals surface area contributed by atoms with Crippen LogP contribution in [0.5, 0.6) is 0 Å². The molecule has 0 atom stereocenters. The molecule has 0 aliphatic rings. The summed E-state index contributed by atoms with van der Waals surface area (Å²) >= 11 is 1.73. The average molecular weight is 294 g/mol. The molecule has 0 saturated heterocycles. The van der Waals surface area contributed by atoms with Gasteiger partial charge in [-0.2, -0.15) is 4.98 Å². The van der Waals surface area contributed by atoms with Crippen LogP contribution in [0.1, 0.15) is 25.6 Å². The van der Waals surface area contributed by atoms with Gasteiger partial charge in [-0.1, -0.05) is 6.92 Å². The lowest BCUT2D eigenvalue weighted by molar-refractivity contribution is 0.158. The summed E-state index contributed by atoms with van der Waals surface area (Å²) in [7, 11) is 0. The van der Waals surface area contributed by atoms with E-state index in [0.29, 0.717) is 12.6 Å². The van der Waals surface area contributed by atoms with Crippen LogP contribution in [0.4, 0.5) is 11.8 Å². The van der Waals surface area contributed by atoms with Gasteiger partial charge in [-0.25, -0.2) is 4.98 Å². The molecule has 0 saturated carbocycles. The third-order valence-electron chi connectivity index (χ3n) is 2.87. The SMILES string of the molecule is CCNc1nc(NCCOCC)c2cc(CC)sc2n1. The van der Waals surface area contributed by atoms with Gasteiger partial charge in [0.15, 0.2) is 0 Å². The Morgan fingerprint density at radius 1 is 1.20 bits per heavy atom. The highest BCUT2D eigenvalue weighted by molar-refractivity contribution is 7.18. The molecule has 0 amide bonds. The van der Waals surface area contributed by atoms with Crippen LogP contribution < -0.4 is 10.6 Å². The van der Waals surface area contributed by atoms with E-state index in [1.807, 2.05) is 13.8 Å². The van der Waals surface area contributed by atoms with E-state index in [0.717, 1.165) is 42.2 Å². The van der Waals surface area contributed by atoms with Crippen molar-refractivity contribution < 1.29 is 4.74 Å². The van der Waals surface area contributed by atoms with Gasteiger partial charge in [0.2, 0.25) is 5.95 Å². The van der Waals surface area contributed by atoms with E-state index in [-0.39, 0.29) is 0 Å². The smallest absolute Gasteiger partial charge is 0.226 e. The van der Waals surface area contributed by atoms with Gasteiger partial charge < -0.3 is 15.4 Å². The predicted molar refractivity (Wildman–Crippen MR) is 85.9 cm³/mol. The number of nitrogens with zero attached hydrogens (tertiary/aromatic N) is 2. The largest absolute Gasteiger partial charge is 0.380 e. The zero-order valence-corrected chi connectivity index (χ0v) is 13.1. The molecular weight excluding hydrogens is 272 g/mol. The fraction of sp³-hybridized carbons (Fsp3) is 0.571. The van der Waals surface area contributed by atoms with Crippen molar-refractivity contribution in [2.45, 2.75) is 27.2 Å². The molecule has 0 aliphatic carbocycles. The first-order valence-electron chi connectivity index (χ1n) is 7.14. The van der Waals surface area contributed by atoms with Crippen LogP contribution in [-0.4, -0.2) is 36.3 Å². The normalized spacial score (nSPS) is 10.9. The van der Waals surface area contributed by atoms with Gasteiger partial charge >= 0.3 is 0 Å². The van der Waals surface area contributed by atoms with E-state index in [9.17, 15) is 0 Å². The molecule has 2 heterocycles. The first-order valence-corrected chi connectivity index (χ1v) is 7.96. The second-order valence-corrected chi connectivity index (χ2v) is 5.45. The molecule has 2 N–H and O–H groups in total. The van der Waals surface area contributed by atoms with E-state index in [2.05, 4.69) is 33.6 Å². The molecule has 0 radical (unpaired) electrons. The van der Waals surface area contributed by atoms with Crippen molar-refractivity contribution >= 4 is 33.3 Å². The molecule has 5 nitrogen and oxygen atoms in total.